The topological polar surface area (TPSA) is 40.5 Å². The van der Waals surface area contributed by atoms with Crippen molar-refractivity contribution in [3.63, 3.8) is 0 Å². The van der Waals surface area contributed by atoms with E-state index in [1.807, 2.05) is 0 Å². The molecule has 2 nitrogen and oxygen atoms in total. The van der Waals surface area contributed by atoms with E-state index in [0.29, 0.717) is 6.42 Å². The van der Waals surface area contributed by atoms with E-state index in [1.54, 1.807) is 0 Å². The second-order valence-electron chi connectivity index (χ2n) is 4.37. The molecule has 0 heterocycles. The first-order valence-corrected chi connectivity index (χ1v) is 5.98. The Balaban J connectivity index is 4.05. The standard InChI is InChI=1S/C12H26O2/c1-4-7-11(13)10-12(14,8-5-2)9-6-3/h11,13-14H,4-10H2,1-3H3. The summed E-state index contributed by atoms with van der Waals surface area (Å²) in [5, 5.41) is 19.9. The number of rotatable bonds is 8. The van der Waals surface area contributed by atoms with Gasteiger partial charge in [-0.2, -0.15) is 0 Å². The van der Waals surface area contributed by atoms with Crippen LogP contribution in [0.1, 0.15) is 65.7 Å². The molecule has 1 unspecified atom stereocenters. The molecular weight excluding hydrogens is 176 g/mol. The second kappa shape index (κ2) is 7.24. The Morgan fingerprint density at radius 1 is 1.00 bits per heavy atom. The molecule has 0 aromatic heterocycles. The molecule has 0 saturated carbocycles. The Kier molecular flexibility index (Phi) is 7.20. The van der Waals surface area contributed by atoms with Gasteiger partial charge in [0.05, 0.1) is 11.7 Å². The number of aliphatic hydroxyl groups excluding tert-OH is 1. The van der Waals surface area contributed by atoms with Gasteiger partial charge in [-0.3, -0.25) is 0 Å². The van der Waals surface area contributed by atoms with Crippen molar-refractivity contribution in [1.82, 2.24) is 0 Å². The molecule has 0 aliphatic heterocycles. The smallest absolute Gasteiger partial charge is 0.0672 e. The van der Waals surface area contributed by atoms with Crippen LogP contribution >= 0.6 is 0 Å². The molecule has 0 saturated heterocycles. The van der Waals surface area contributed by atoms with Gasteiger partial charge in [0.25, 0.3) is 0 Å². The van der Waals surface area contributed by atoms with E-state index < -0.39 is 5.60 Å². The van der Waals surface area contributed by atoms with Gasteiger partial charge in [0.15, 0.2) is 0 Å². The molecule has 86 valence electrons. The summed E-state index contributed by atoms with van der Waals surface area (Å²) in [5.41, 5.74) is -0.627. The zero-order valence-corrected chi connectivity index (χ0v) is 9.92. The molecule has 0 aliphatic rings. The molecule has 0 amide bonds. The van der Waals surface area contributed by atoms with Gasteiger partial charge in [0, 0.05) is 6.42 Å². The SMILES string of the molecule is CCCC(O)CC(O)(CCC)CCC. The van der Waals surface area contributed by atoms with Gasteiger partial charge in [-0.1, -0.05) is 40.0 Å². The summed E-state index contributed by atoms with van der Waals surface area (Å²) < 4.78 is 0. The molecule has 0 bridgehead atoms. The van der Waals surface area contributed by atoms with Crippen LogP contribution in [0.4, 0.5) is 0 Å². The molecule has 2 heteroatoms. The lowest BCUT2D eigenvalue weighted by Crippen LogP contribution is -2.33. The van der Waals surface area contributed by atoms with E-state index in [0.717, 1.165) is 38.5 Å². The number of hydrogen-bond acceptors (Lipinski definition) is 2. The summed E-state index contributed by atoms with van der Waals surface area (Å²) in [6, 6.07) is 0. The van der Waals surface area contributed by atoms with Crippen molar-refractivity contribution < 1.29 is 10.2 Å². The number of hydrogen-bond donors (Lipinski definition) is 2. The highest BCUT2D eigenvalue weighted by Gasteiger charge is 2.27. The molecule has 0 fully saturated rings. The van der Waals surface area contributed by atoms with E-state index in [4.69, 9.17) is 0 Å². The summed E-state index contributed by atoms with van der Waals surface area (Å²) in [5.74, 6) is 0. The fourth-order valence-electron chi connectivity index (χ4n) is 2.13. The lowest BCUT2D eigenvalue weighted by Gasteiger charge is -2.29. The summed E-state index contributed by atoms with van der Waals surface area (Å²) in [6.45, 7) is 6.21. The highest BCUT2D eigenvalue weighted by molar-refractivity contribution is 4.80. The molecule has 0 radical (unpaired) electrons. The Morgan fingerprint density at radius 3 is 1.86 bits per heavy atom. The fourth-order valence-corrected chi connectivity index (χ4v) is 2.13. The average molecular weight is 202 g/mol. The van der Waals surface area contributed by atoms with E-state index >= 15 is 0 Å². The molecule has 0 rings (SSSR count). The third kappa shape index (κ3) is 5.61. The minimum absolute atomic E-state index is 0.330. The molecule has 0 aromatic rings. The second-order valence-corrected chi connectivity index (χ2v) is 4.37. The highest BCUT2D eigenvalue weighted by Crippen LogP contribution is 2.26. The normalized spacial score (nSPS) is 14.4. The molecule has 0 aliphatic carbocycles. The van der Waals surface area contributed by atoms with Gasteiger partial charge >= 0.3 is 0 Å². The van der Waals surface area contributed by atoms with Gasteiger partial charge in [-0.15, -0.1) is 0 Å². The van der Waals surface area contributed by atoms with Crippen LogP contribution < -0.4 is 0 Å². The maximum atomic E-state index is 10.2. The van der Waals surface area contributed by atoms with Gasteiger partial charge in [0.1, 0.15) is 0 Å². The lowest BCUT2D eigenvalue weighted by atomic mass is 9.86. The Hall–Kier alpha value is -0.0800. The van der Waals surface area contributed by atoms with Crippen LogP contribution in [-0.2, 0) is 0 Å². The van der Waals surface area contributed by atoms with Gasteiger partial charge < -0.3 is 10.2 Å². The van der Waals surface area contributed by atoms with E-state index in [-0.39, 0.29) is 6.10 Å². The van der Waals surface area contributed by atoms with E-state index in [9.17, 15) is 10.2 Å². The van der Waals surface area contributed by atoms with E-state index in [1.165, 1.54) is 0 Å². The van der Waals surface area contributed by atoms with Crippen molar-refractivity contribution in [2.45, 2.75) is 77.4 Å². The Labute approximate surface area is 88.3 Å². The first-order chi connectivity index (χ1) is 6.58. The minimum Gasteiger partial charge on any atom is -0.393 e. The van der Waals surface area contributed by atoms with Crippen molar-refractivity contribution in [3.8, 4) is 0 Å². The van der Waals surface area contributed by atoms with Crippen LogP contribution in [0.5, 0.6) is 0 Å². The lowest BCUT2D eigenvalue weighted by molar-refractivity contribution is -0.0266. The van der Waals surface area contributed by atoms with Crippen LogP contribution in [0, 0.1) is 0 Å². The van der Waals surface area contributed by atoms with Gasteiger partial charge in [0.2, 0.25) is 0 Å². The predicted octanol–water partition coefficient (Wildman–Crippen LogP) is 2.87. The summed E-state index contributed by atoms with van der Waals surface area (Å²) in [4.78, 5) is 0. The third-order valence-corrected chi connectivity index (χ3v) is 2.67. The maximum absolute atomic E-state index is 10.2. The largest absolute Gasteiger partial charge is 0.393 e. The Bertz CT molecular complexity index is 128. The Morgan fingerprint density at radius 2 is 1.50 bits per heavy atom. The van der Waals surface area contributed by atoms with E-state index in [2.05, 4.69) is 20.8 Å². The molecular formula is C12H26O2. The first kappa shape index (κ1) is 13.9. The highest BCUT2D eigenvalue weighted by atomic mass is 16.3. The quantitative estimate of drug-likeness (QED) is 0.635. The molecule has 0 aromatic carbocycles. The van der Waals surface area contributed by atoms with Crippen LogP contribution in [0.3, 0.4) is 0 Å². The fraction of sp³-hybridized carbons (Fsp3) is 1.00. The molecule has 1 atom stereocenters. The summed E-state index contributed by atoms with van der Waals surface area (Å²) in [7, 11) is 0. The summed E-state index contributed by atoms with van der Waals surface area (Å²) in [6.07, 6.45) is 5.57. The molecule has 14 heavy (non-hydrogen) atoms. The zero-order valence-electron chi connectivity index (χ0n) is 9.92. The van der Waals surface area contributed by atoms with Crippen LogP contribution in [0.25, 0.3) is 0 Å². The minimum atomic E-state index is -0.627. The summed E-state index contributed by atoms with van der Waals surface area (Å²) >= 11 is 0. The maximum Gasteiger partial charge on any atom is 0.0672 e. The number of aliphatic hydroxyl groups is 2. The van der Waals surface area contributed by atoms with Gasteiger partial charge in [-0.05, 0) is 19.3 Å². The zero-order chi connectivity index (χ0) is 11.0. The molecule has 0 spiro atoms. The van der Waals surface area contributed by atoms with Crippen molar-refractivity contribution >= 4 is 0 Å². The van der Waals surface area contributed by atoms with Crippen molar-refractivity contribution in [1.29, 1.82) is 0 Å². The molecule has 2 N–H and O–H groups in total. The van der Waals surface area contributed by atoms with Crippen LogP contribution in [0.15, 0.2) is 0 Å². The van der Waals surface area contributed by atoms with Crippen LogP contribution in [0.2, 0.25) is 0 Å². The van der Waals surface area contributed by atoms with Crippen LogP contribution in [-0.4, -0.2) is 21.9 Å². The van der Waals surface area contributed by atoms with Crippen molar-refractivity contribution in [2.24, 2.45) is 0 Å². The monoisotopic (exact) mass is 202 g/mol. The van der Waals surface area contributed by atoms with Crippen molar-refractivity contribution in [3.05, 3.63) is 0 Å². The van der Waals surface area contributed by atoms with Crippen molar-refractivity contribution in [2.75, 3.05) is 0 Å². The predicted molar refractivity (Wildman–Crippen MR) is 60.3 cm³/mol. The third-order valence-electron chi connectivity index (χ3n) is 2.67. The van der Waals surface area contributed by atoms with Gasteiger partial charge in [-0.25, -0.2) is 0 Å². The average Bonchev–Trinajstić information content (AvgIpc) is 2.04. The first-order valence-electron chi connectivity index (χ1n) is 5.98.